The Kier molecular flexibility index (Phi) is 6.74. The molecular formula is C25H21N3O6S. The number of rotatable bonds is 7. The highest BCUT2D eigenvalue weighted by Gasteiger charge is 2.17. The van der Waals surface area contributed by atoms with Gasteiger partial charge in [-0.2, -0.15) is 0 Å². The highest BCUT2D eigenvalue weighted by Crippen LogP contribution is 2.25. The monoisotopic (exact) mass is 491 g/mol. The second-order valence-electron chi connectivity index (χ2n) is 7.75. The van der Waals surface area contributed by atoms with Crippen molar-refractivity contribution in [1.82, 2.24) is 10.2 Å². The van der Waals surface area contributed by atoms with Crippen LogP contribution in [0.4, 0.5) is 5.69 Å². The van der Waals surface area contributed by atoms with Crippen LogP contribution in [-0.4, -0.2) is 43.4 Å². The van der Waals surface area contributed by atoms with E-state index in [1.165, 1.54) is 24.3 Å². The lowest BCUT2D eigenvalue weighted by atomic mass is 10.1. The van der Waals surface area contributed by atoms with Crippen molar-refractivity contribution in [3.8, 4) is 22.9 Å². The van der Waals surface area contributed by atoms with E-state index < -0.39 is 28.3 Å². The number of hydrogen-bond acceptors (Lipinski definition) is 8. The molecule has 4 rings (SSSR count). The fraction of sp³-hybridized carbons (Fsp3) is 0.120. The van der Waals surface area contributed by atoms with Gasteiger partial charge in [0.15, 0.2) is 16.4 Å². The molecule has 3 aromatic carbocycles. The predicted octanol–water partition coefficient (Wildman–Crippen LogP) is 3.91. The summed E-state index contributed by atoms with van der Waals surface area (Å²) in [7, 11) is -3.54. The first-order valence-corrected chi connectivity index (χ1v) is 12.4. The van der Waals surface area contributed by atoms with Gasteiger partial charge in [-0.15, -0.1) is 10.2 Å². The number of nitrogens with zero attached hydrogens (tertiary/aromatic N) is 2. The van der Waals surface area contributed by atoms with Crippen LogP contribution in [0.1, 0.15) is 15.9 Å². The Labute approximate surface area is 201 Å². The van der Waals surface area contributed by atoms with Crippen molar-refractivity contribution in [2.24, 2.45) is 0 Å². The smallest absolute Gasteiger partial charge is 0.338 e. The Morgan fingerprint density at radius 1 is 0.886 bits per heavy atom. The quantitative estimate of drug-likeness (QED) is 0.385. The third-order valence-electron chi connectivity index (χ3n) is 4.99. The Bertz CT molecular complexity index is 1480. The van der Waals surface area contributed by atoms with E-state index in [2.05, 4.69) is 15.5 Å². The van der Waals surface area contributed by atoms with Crippen LogP contribution in [0.25, 0.3) is 22.9 Å². The molecule has 178 valence electrons. The Morgan fingerprint density at radius 2 is 1.46 bits per heavy atom. The lowest BCUT2D eigenvalue weighted by Crippen LogP contribution is -2.22. The Morgan fingerprint density at radius 3 is 2.06 bits per heavy atom. The maximum Gasteiger partial charge on any atom is 0.338 e. The standard InChI is InChI=1S/C25H21N3O6S/c1-16-7-9-17(10-8-16)23-27-28-24(34-23)18-11-13-19(14-12-18)25(30)33-15-22(29)26-20-5-3-4-6-21(20)35(2,31)32/h3-14H,15H2,1-2H3,(H,26,29). The first-order chi connectivity index (χ1) is 16.7. The number of sulfone groups is 1. The van der Waals surface area contributed by atoms with Gasteiger partial charge in [0.2, 0.25) is 11.8 Å². The van der Waals surface area contributed by atoms with Crippen molar-refractivity contribution in [2.45, 2.75) is 11.8 Å². The van der Waals surface area contributed by atoms with Crippen molar-refractivity contribution in [3.63, 3.8) is 0 Å². The molecule has 10 heteroatoms. The van der Waals surface area contributed by atoms with E-state index in [0.717, 1.165) is 17.4 Å². The fourth-order valence-electron chi connectivity index (χ4n) is 3.20. The van der Waals surface area contributed by atoms with Crippen LogP contribution in [0.5, 0.6) is 0 Å². The van der Waals surface area contributed by atoms with Crippen LogP contribution in [0, 0.1) is 6.92 Å². The van der Waals surface area contributed by atoms with Gasteiger partial charge in [0.25, 0.3) is 5.91 Å². The molecule has 0 aliphatic carbocycles. The van der Waals surface area contributed by atoms with E-state index in [-0.39, 0.29) is 16.1 Å². The van der Waals surface area contributed by atoms with Gasteiger partial charge in [0, 0.05) is 17.4 Å². The number of ether oxygens (including phenoxy) is 1. The van der Waals surface area contributed by atoms with E-state index in [9.17, 15) is 18.0 Å². The molecule has 4 aromatic rings. The summed E-state index contributed by atoms with van der Waals surface area (Å²) in [4.78, 5) is 24.5. The number of esters is 1. The molecule has 1 N–H and O–H groups in total. The Balaban J connectivity index is 1.37. The topological polar surface area (TPSA) is 128 Å². The van der Waals surface area contributed by atoms with Gasteiger partial charge in [-0.1, -0.05) is 29.8 Å². The number of amides is 1. The maximum absolute atomic E-state index is 12.3. The molecule has 0 bridgehead atoms. The largest absolute Gasteiger partial charge is 0.452 e. The van der Waals surface area contributed by atoms with E-state index in [0.29, 0.717) is 17.3 Å². The molecule has 1 aromatic heterocycles. The van der Waals surface area contributed by atoms with Crippen molar-refractivity contribution in [2.75, 3.05) is 18.2 Å². The molecule has 0 spiro atoms. The van der Waals surface area contributed by atoms with Crippen molar-refractivity contribution < 1.29 is 27.2 Å². The summed E-state index contributed by atoms with van der Waals surface area (Å²) in [5.41, 5.74) is 2.86. The molecule has 0 radical (unpaired) electrons. The van der Waals surface area contributed by atoms with E-state index in [4.69, 9.17) is 9.15 Å². The summed E-state index contributed by atoms with van der Waals surface area (Å²) in [6, 6.07) is 19.9. The van der Waals surface area contributed by atoms with Crippen molar-refractivity contribution >= 4 is 27.4 Å². The van der Waals surface area contributed by atoms with Crippen LogP contribution in [0.15, 0.2) is 82.1 Å². The van der Waals surface area contributed by atoms with Crippen LogP contribution in [0.3, 0.4) is 0 Å². The zero-order valence-electron chi connectivity index (χ0n) is 18.9. The van der Waals surface area contributed by atoms with Gasteiger partial charge in [0.1, 0.15) is 0 Å². The highest BCUT2D eigenvalue weighted by molar-refractivity contribution is 7.90. The lowest BCUT2D eigenvalue weighted by Gasteiger charge is -2.10. The van der Waals surface area contributed by atoms with Gasteiger partial charge in [-0.25, -0.2) is 13.2 Å². The van der Waals surface area contributed by atoms with E-state index in [1.807, 2.05) is 31.2 Å². The second-order valence-corrected chi connectivity index (χ2v) is 9.73. The first-order valence-electron chi connectivity index (χ1n) is 10.5. The predicted molar refractivity (Wildman–Crippen MR) is 128 cm³/mol. The molecule has 9 nitrogen and oxygen atoms in total. The van der Waals surface area contributed by atoms with Gasteiger partial charge in [-0.3, -0.25) is 4.79 Å². The summed E-state index contributed by atoms with van der Waals surface area (Å²) in [5.74, 6) is -0.703. The molecule has 1 amide bonds. The molecule has 0 unspecified atom stereocenters. The number of para-hydroxylation sites is 1. The number of aryl methyl sites for hydroxylation is 1. The summed E-state index contributed by atoms with van der Waals surface area (Å²) < 4.78 is 34.5. The average Bonchev–Trinajstić information content (AvgIpc) is 3.33. The zero-order valence-corrected chi connectivity index (χ0v) is 19.7. The van der Waals surface area contributed by atoms with Gasteiger partial charge in [-0.05, 0) is 55.5 Å². The maximum atomic E-state index is 12.3. The van der Waals surface area contributed by atoms with Gasteiger partial charge in [0.05, 0.1) is 16.1 Å². The molecular weight excluding hydrogens is 470 g/mol. The molecule has 0 aliphatic rings. The zero-order chi connectivity index (χ0) is 25.0. The summed E-state index contributed by atoms with van der Waals surface area (Å²) in [6.07, 6.45) is 1.04. The number of carbonyl (C=O) groups is 2. The third kappa shape index (κ3) is 5.79. The molecule has 0 saturated heterocycles. The number of aromatic nitrogens is 2. The van der Waals surface area contributed by atoms with E-state index in [1.54, 1.807) is 24.3 Å². The van der Waals surface area contributed by atoms with Crippen molar-refractivity contribution in [3.05, 3.63) is 83.9 Å². The van der Waals surface area contributed by atoms with Crippen LogP contribution >= 0.6 is 0 Å². The van der Waals surface area contributed by atoms with Crippen molar-refractivity contribution in [1.29, 1.82) is 0 Å². The minimum Gasteiger partial charge on any atom is -0.452 e. The number of benzene rings is 3. The van der Waals surface area contributed by atoms with Gasteiger partial charge < -0.3 is 14.5 Å². The highest BCUT2D eigenvalue weighted by atomic mass is 32.2. The molecule has 0 fully saturated rings. The summed E-state index contributed by atoms with van der Waals surface area (Å²) >= 11 is 0. The van der Waals surface area contributed by atoms with Crippen LogP contribution in [0.2, 0.25) is 0 Å². The first kappa shape index (κ1) is 23.8. The van der Waals surface area contributed by atoms with E-state index >= 15 is 0 Å². The number of carbonyl (C=O) groups excluding carboxylic acids is 2. The summed E-state index contributed by atoms with van der Waals surface area (Å²) in [5, 5.41) is 10.6. The minimum absolute atomic E-state index is 0.0261. The molecule has 1 heterocycles. The number of nitrogens with one attached hydrogen (secondary N) is 1. The number of anilines is 1. The molecule has 0 aliphatic heterocycles. The minimum atomic E-state index is -3.54. The number of hydrogen-bond donors (Lipinski definition) is 1. The van der Waals surface area contributed by atoms with Crippen LogP contribution < -0.4 is 5.32 Å². The molecule has 35 heavy (non-hydrogen) atoms. The molecule has 0 saturated carbocycles. The normalized spacial score (nSPS) is 11.1. The fourth-order valence-corrected chi connectivity index (χ4v) is 4.04. The molecule has 0 atom stereocenters. The third-order valence-corrected chi connectivity index (χ3v) is 6.14. The average molecular weight is 492 g/mol. The second kappa shape index (κ2) is 9.90. The lowest BCUT2D eigenvalue weighted by molar-refractivity contribution is -0.119. The Hall–Kier alpha value is -4.31. The SMILES string of the molecule is Cc1ccc(-c2nnc(-c3ccc(C(=O)OCC(=O)Nc4ccccc4S(C)(=O)=O)cc3)o2)cc1. The summed E-state index contributed by atoms with van der Waals surface area (Å²) in [6.45, 7) is 1.41. The van der Waals surface area contributed by atoms with Crippen LogP contribution in [-0.2, 0) is 19.4 Å². The van der Waals surface area contributed by atoms with Gasteiger partial charge >= 0.3 is 5.97 Å².